The zero-order chi connectivity index (χ0) is 23.4. The van der Waals surface area contributed by atoms with Gasteiger partial charge in [-0.05, 0) is 73.3 Å². The molecule has 7 heteroatoms. The Labute approximate surface area is 207 Å². The second kappa shape index (κ2) is 8.61. The first-order chi connectivity index (χ1) is 16.5. The minimum atomic E-state index is -0.159. The van der Waals surface area contributed by atoms with Crippen molar-refractivity contribution in [1.29, 1.82) is 0 Å². The second-order valence-corrected chi connectivity index (χ2v) is 11.9. The number of anilines is 1. The number of amides is 1. The normalized spacial score (nSPS) is 26.7. The van der Waals surface area contributed by atoms with Crippen LogP contribution in [0.15, 0.2) is 58.4 Å². The van der Waals surface area contributed by atoms with Gasteiger partial charge in [0.15, 0.2) is 0 Å². The van der Waals surface area contributed by atoms with Crippen molar-refractivity contribution >= 4 is 34.7 Å². The fraction of sp³-hybridized carbons (Fsp3) is 0.407. The highest BCUT2D eigenvalue weighted by Crippen LogP contribution is 2.64. The fourth-order valence-electron chi connectivity index (χ4n) is 6.32. The highest BCUT2D eigenvalue weighted by molar-refractivity contribution is 8.00. The maximum atomic E-state index is 13.2. The standard InChI is InChI=1S/C27H28N2O3S2/c1-15-5-3-4-6-20(15)28-21(30)14-29-26-25(34-27(29)31)22(16-9-11-19(32-2)12-10-16)23-17-7-8-18(13-17)24(23)33-26/h3-6,9-12,17-18,22-24H,7-8,13-14H2,1-2H3,(H,28,30)/t17?,18?,22-,23?,24?/m0/s1. The molecule has 2 heterocycles. The van der Waals surface area contributed by atoms with Gasteiger partial charge < -0.3 is 10.1 Å². The van der Waals surface area contributed by atoms with Gasteiger partial charge >= 0.3 is 4.87 Å². The average molecular weight is 493 g/mol. The van der Waals surface area contributed by atoms with E-state index in [1.54, 1.807) is 11.7 Å². The van der Waals surface area contributed by atoms with E-state index in [1.807, 2.05) is 55.1 Å². The van der Waals surface area contributed by atoms with Gasteiger partial charge in [-0.15, -0.1) is 11.8 Å². The number of ether oxygens (including phenoxy) is 1. The molecule has 2 bridgehead atoms. The summed E-state index contributed by atoms with van der Waals surface area (Å²) in [6, 6.07) is 16.1. The van der Waals surface area contributed by atoms with Crippen LogP contribution in [0.2, 0.25) is 0 Å². The van der Waals surface area contributed by atoms with Crippen LogP contribution in [0.25, 0.3) is 0 Å². The van der Waals surface area contributed by atoms with E-state index in [-0.39, 0.29) is 23.2 Å². The average Bonchev–Trinajstić information content (AvgIpc) is 3.54. The number of carbonyl (C=O) groups is 1. The van der Waals surface area contributed by atoms with Gasteiger partial charge in [0.05, 0.1) is 12.1 Å². The number of thiazole rings is 1. The summed E-state index contributed by atoms with van der Waals surface area (Å²) in [5.74, 6) is 2.87. The van der Waals surface area contributed by atoms with Gasteiger partial charge in [0.1, 0.15) is 12.3 Å². The fourth-order valence-corrected chi connectivity index (χ4v) is 9.47. The van der Waals surface area contributed by atoms with Gasteiger partial charge in [-0.1, -0.05) is 41.7 Å². The van der Waals surface area contributed by atoms with Crippen LogP contribution >= 0.6 is 23.1 Å². The largest absolute Gasteiger partial charge is 0.497 e. The van der Waals surface area contributed by atoms with Gasteiger partial charge in [-0.2, -0.15) is 0 Å². The second-order valence-electron chi connectivity index (χ2n) is 9.73. The molecule has 1 aromatic heterocycles. The zero-order valence-electron chi connectivity index (χ0n) is 19.3. The van der Waals surface area contributed by atoms with Crippen LogP contribution in [0.5, 0.6) is 5.75 Å². The first-order valence-corrected chi connectivity index (χ1v) is 13.6. The molecule has 34 heavy (non-hydrogen) atoms. The molecule has 1 N–H and O–H groups in total. The predicted molar refractivity (Wildman–Crippen MR) is 137 cm³/mol. The Morgan fingerprint density at radius 1 is 1.12 bits per heavy atom. The molecule has 3 aromatic rings. The molecule has 2 aromatic carbocycles. The molecule has 2 aliphatic carbocycles. The number of nitrogens with zero attached hydrogens (tertiary/aromatic N) is 1. The lowest BCUT2D eigenvalue weighted by molar-refractivity contribution is -0.116. The van der Waals surface area contributed by atoms with Crippen LogP contribution in [-0.4, -0.2) is 22.8 Å². The molecule has 6 rings (SSSR count). The van der Waals surface area contributed by atoms with Crippen molar-refractivity contribution in [2.75, 3.05) is 12.4 Å². The van der Waals surface area contributed by atoms with Crippen LogP contribution in [0.3, 0.4) is 0 Å². The molecule has 176 valence electrons. The van der Waals surface area contributed by atoms with Gasteiger partial charge in [-0.3, -0.25) is 14.2 Å². The number of benzene rings is 2. The van der Waals surface area contributed by atoms with Crippen molar-refractivity contribution in [2.45, 2.75) is 48.9 Å². The van der Waals surface area contributed by atoms with Crippen LogP contribution in [0.4, 0.5) is 5.69 Å². The van der Waals surface area contributed by atoms with Crippen LogP contribution in [0.1, 0.15) is 41.2 Å². The summed E-state index contributed by atoms with van der Waals surface area (Å²) >= 11 is 3.20. The van der Waals surface area contributed by atoms with Gasteiger partial charge in [0, 0.05) is 21.7 Å². The topological polar surface area (TPSA) is 60.3 Å². The van der Waals surface area contributed by atoms with E-state index in [9.17, 15) is 9.59 Å². The number of hydrogen-bond donors (Lipinski definition) is 1. The Morgan fingerprint density at radius 2 is 1.88 bits per heavy atom. The molecule has 3 aliphatic rings. The Bertz CT molecular complexity index is 1300. The lowest BCUT2D eigenvalue weighted by Crippen LogP contribution is -2.34. The molecule has 4 unspecified atom stereocenters. The van der Waals surface area contributed by atoms with E-state index in [0.29, 0.717) is 17.1 Å². The third kappa shape index (κ3) is 3.60. The maximum absolute atomic E-state index is 13.2. The van der Waals surface area contributed by atoms with Crippen LogP contribution in [-0.2, 0) is 11.3 Å². The summed E-state index contributed by atoms with van der Waals surface area (Å²) in [7, 11) is 1.68. The number of aromatic nitrogens is 1. The Balaban J connectivity index is 1.37. The summed E-state index contributed by atoms with van der Waals surface area (Å²) in [5, 5.41) is 4.51. The lowest BCUT2D eigenvalue weighted by atomic mass is 9.75. The van der Waals surface area contributed by atoms with Crippen molar-refractivity contribution in [1.82, 2.24) is 4.57 Å². The number of nitrogens with one attached hydrogen (secondary N) is 1. The third-order valence-electron chi connectivity index (χ3n) is 7.89. The number of hydrogen-bond acceptors (Lipinski definition) is 5. The molecule has 5 atom stereocenters. The smallest absolute Gasteiger partial charge is 0.308 e. The maximum Gasteiger partial charge on any atom is 0.308 e. The first kappa shape index (κ1) is 22.0. The summed E-state index contributed by atoms with van der Waals surface area (Å²) in [6.07, 6.45) is 3.87. The minimum absolute atomic E-state index is 0.0386. The van der Waals surface area contributed by atoms with Crippen molar-refractivity contribution in [2.24, 2.45) is 17.8 Å². The highest BCUT2D eigenvalue weighted by Gasteiger charge is 2.55. The number of carbonyl (C=O) groups excluding carboxylic acids is 1. The summed E-state index contributed by atoms with van der Waals surface area (Å²) in [4.78, 5) is 27.3. The van der Waals surface area contributed by atoms with Crippen molar-refractivity contribution in [3.63, 3.8) is 0 Å². The number of methoxy groups -OCH3 is 1. The molecule has 2 saturated carbocycles. The number of aryl methyl sites for hydroxylation is 1. The van der Waals surface area contributed by atoms with Gasteiger partial charge in [-0.25, -0.2) is 0 Å². The van der Waals surface area contributed by atoms with Crippen molar-refractivity contribution < 1.29 is 9.53 Å². The Kier molecular flexibility index (Phi) is 5.57. The molecule has 0 spiro atoms. The molecular weight excluding hydrogens is 464 g/mol. The third-order valence-corrected chi connectivity index (χ3v) is 10.7. The summed E-state index contributed by atoms with van der Waals surface area (Å²) in [5.41, 5.74) is 3.05. The number of thioether (sulfide) groups is 1. The van der Waals surface area contributed by atoms with E-state index in [1.165, 1.54) is 36.2 Å². The molecule has 0 saturated heterocycles. The lowest BCUT2D eigenvalue weighted by Gasteiger charge is -2.40. The van der Waals surface area contributed by atoms with E-state index >= 15 is 0 Å². The highest BCUT2D eigenvalue weighted by atomic mass is 32.2. The molecule has 1 amide bonds. The number of fused-ring (bicyclic) bond motifs is 6. The Morgan fingerprint density at radius 3 is 2.65 bits per heavy atom. The zero-order valence-corrected chi connectivity index (χ0v) is 21.0. The van der Waals surface area contributed by atoms with Gasteiger partial charge in [0.2, 0.25) is 5.91 Å². The SMILES string of the molecule is COc1ccc([C@@H]2c3sc(=O)n(CC(=O)Nc4ccccc4C)c3SC3C4CCC(C4)C32)cc1. The summed E-state index contributed by atoms with van der Waals surface area (Å²) < 4.78 is 7.11. The van der Waals surface area contributed by atoms with E-state index in [4.69, 9.17) is 4.74 Å². The number of para-hydroxylation sites is 1. The minimum Gasteiger partial charge on any atom is -0.497 e. The van der Waals surface area contributed by atoms with Gasteiger partial charge in [0.25, 0.3) is 0 Å². The van der Waals surface area contributed by atoms with E-state index < -0.39 is 0 Å². The molecule has 0 radical (unpaired) electrons. The van der Waals surface area contributed by atoms with E-state index in [2.05, 4.69) is 17.4 Å². The van der Waals surface area contributed by atoms with Crippen LogP contribution < -0.4 is 14.9 Å². The molecular formula is C27H28N2O3S2. The molecule has 1 aliphatic heterocycles. The number of rotatable bonds is 5. The molecule has 2 fully saturated rings. The summed E-state index contributed by atoms with van der Waals surface area (Å²) in [6.45, 7) is 2.02. The van der Waals surface area contributed by atoms with E-state index in [0.717, 1.165) is 32.8 Å². The van der Waals surface area contributed by atoms with Crippen molar-refractivity contribution in [3.05, 3.63) is 74.2 Å². The van der Waals surface area contributed by atoms with Crippen molar-refractivity contribution in [3.8, 4) is 5.75 Å². The first-order valence-electron chi connectivity index (χ1n) is 11.9. The quantitative estimate of drug-likeness (QED) is 0.510. The molecule has 5 nitrogen and oxygen atoms in total. The monoisotopic (exact) mass is 492 g/mol. The predicted octanol–water partition coefficient (Wildman–Crippen LogP) is 5.52. The Hall–Kier alpha value is -2.51. The van der Waals surface area contributed by atoms with Crippen LogP contribution in [0, 0.1) is 24.7 Å².